The second-order valence-electron chi connectivity index (χ2n) is 5.03. The van der Waals surface area contributed by atoms with Crippen LogP contribution < -0.4 is 15.1 Å². The van der Waals surface area contributed by atoms with Crippen molar-refractivity contribution in [2.24, 2.45) is 0 Å². The first-order valence-electron chi connectivity index (χ1n) is 7.40. The lowest BCUT2D eigenvalue weighted by Crippen LogP contribution is -2.02. The highest BCUT2D eigenvalue weighted by atomic mass is 16.5. The van der Waals surface area contributed by atoms with Gasteiger partial charge in [0.15, 0.2) is 13.2 Å². The number of hydrogen-bond acceptors (Lipinski definition) is 6. The lowest BCUT2D eigenvalue weighted by molar-refractivity contribution is 0.351. The molecule has 3 rings (SSSR count). The molecule has 1 heterocycles. The molecule has 0 atom stereocenters. The van der Waals surface area contributed by atoms with Gasteiger partial charge in [0.2, 0.25) is 0 Å². The highest BCUT2D eigenvalue weighted by molar-refractivity contribution is 5.98. The number of nitrogens with zero attached hydrogens (tertiary/aromatic N) is 2. The van der Waals surface area contributed by atoms with E-state index in [2.05, 4.69) is 0 Å². The van der Waals surface area contributed by atoms with Gasteiger partial charge in [-0.25, -0.2) is 4.79 Å². The third-order valence-electron chi connectivity index (χ3n) is 3.46. The summed E-state index contributed by atoms with van der Waals surface area (Å²) in [5.74, 6) is 0.657. The van der Waals surface area contributed by atoms with Crippen molar-refractivity contribution in [3.63, 3.8) is 0 Å². The van der Waals surface area contributed by atoms with Gasteiger partial charge in [-0.3, -0.25) is 0 Å². The number of rotatable bonds is 5. The molecule has 6 heteroatoms. The number of fused-ring (bicyclic) bond motifs is 1. The quantitative estimate of drug-likeness (QED) is 0.665. The first-order chi connectivity index (χ1) is 12.2. The molecule has 2 aromatic carbocycles. The van der Waals surface area contributed by atoms with E-state index in [0.29, 0.717) is 22.4 Å². The van der Waals surface area contributed by atoms with Gasteiger partial charge in [-0.2, -0.15) is 10.5 Å². The first-order valence-corrected chi connectivity index (χ1v) is 7.40. The van der Waals surface area contributed by atoms with Gasteiger partial charge in [-0.1, -0.05) is 30.3 Å². The summed E-state index contributed by atoms with van der Waals surface area (Å²) < 4.78 is 16.1. The predicted octanol–water partition coefficient (Wildman–Crippen LogP) is 3.26. The van der Waals surface area contributed by atoms with E-state index in [1.807, 2.05) is 42.5 Å². The van der Waals surface area contributed by atoms with Gasteiger partial charge in [-0.05, 0) is 5.56 Å². The van der Waals surface area contributed by atoms with Gasteiger partial charge in [0.25, 0.3) is 0 Å². The molecule has 0 spiro atoms. The van der Waals surface area contributed by atoms with Crippen molar-refractivity contribution < 1.29 is 13.9 Å². The van der Waals surface area contributed by atoms with Crippen molar-refractivity contribution in [3.05, 3.63) is 59.0 Å². The molecule has 0 fully saturated rings. The van der Waals surface area contributed by atoms with Crippen LogP contribution in [0.1, 0.15) is 0 Å². The molecule has 25 heavy (non-hydrogen) atoms. The number of hydrogen-bond donors (Lipinski definition) is 0. The zero-order valence-electron chi connectivity index (χ0n) is 13.1. The molecule has 0 bridgehead atoms. The number of benzene rings is 2. The Morgan fingerprint density at radius 2 is 1.68 bits per heavy atom. The van der Waals surface area contributed by atoms with Gasteiger partial charge in [-0.15, -0.1) is 0 Å². The summed E-state index contributed by atoms with van der Waals surface area (Å²) in [7, 11) is 0. The molecule has 0 aliphatic heterocycles. The van der Waals surface area contributed by atoms with Crippen LogP contribution in [0.4, 0.5) is 0 Å². The van der Waals surface area contributed by atoms with E-state index in [0.717, 1.165) is 5.56 Å². The second kappa shape index (κ2) is 7.20. The molecular formula is C19H12N2O4. The van der Waals surface area contributed by atoms with Crippen molar-refractivity contribution in [2.45, 2.75) is 0 Å². The Morgan fingerprint density at radius 1 is 0.960 bits per heavy atom. The minimum absolute atomic E-state index is 0.161. The molecule has 0 aliphatic carbocycles. The molecule has 0 saturated carbocycles. The van der Waals surface area contributed by atoms with Crippen molar-refractivity contribution in [1.29, 1.82) is 10.5 Å². The van der Waals surface area contributed by atoms with E-state index in [1.165, 1.54) is 12.1 Å². The molecule has 0 N–H and O–H groups in total. The summed E-state index contributed by atoms with van der Waals surface area (Å²) in [5.41, 5.74) is 1.18. The van der Waals surface area contributed by atoms with E-state index in [-0.39, 0.29) is 18.8 Å². The molecule has 122 valence electrons. The van der Waals surface area contributed by atoms with Gasteiger partial charge in [0.05, 0.1) is 5.39 Å². The maximum absolute atomic E-state index is 12.0. The molecule has 1 aromatic heterocycles. The third-order valence-corrected chi connectivity index (χ3v) is 3.46. The summed E-state index contributed by atoms with van der Waals surface area (Å²) in [6, 6.07) is 17.6. The molecule has 0 unspecified atom stereocenters. The van der Waals surface area contributed by atoms with Crippen LogP contribution in [0.5, 0.6) is 11.5 Å². The molecule has 6 nitrogen and oxygen atoms in total. The SMILES string of the molecule is N#CCOc1cc(OCC#N)c2c(-c3ccccc3)cc(=O)oc2c1. The average molecular weight is 332 g/mol. The van der Waals surface area contributed by atoms with Crippen LogP contribution >= 0.6 is 0 Å². The molecule has 3 aromatic rings. The monoisotopic (exact) mass is 332 g/mol. The fourth-order valence-electron chi connectivity index (χ4n) is 2.51. The Bertz CT molecular complexity index is 1040. The average Bonchev–Trinajstić information content (AvgIpc) is 2.64. The van der Waals surface area contributed by atoms with Gasteiger partial charge < -0.3 is 13.9 Å². The summed E-state index contributed by atoms with van der Waals surface area (Å²) >= 11 is 0. The summed E-state index contributed by atoms with van der Waals surface area (Å²) in [4.78, 5) is 12.0. The fourth-order valence-corrected chi connectivity index (χ4v) is 2.51. The molecular weight excluding hydrogens is 320 g/mol. The number of nitriles is 2. The highest BCUT2D eigenvalue weighted by Crippen LogP contribution is 2.37. The summed E-state index contributed by atoms with van der Waals surface area (Å²) in [6.45, 7) is -0.337. The zero-order chi connectivity index (χ0) is 17.6. The maximum atomic E-state index is 12.0. The smallest absolute Gasteiger partial charge is 0.336 e. The lowest BCUT2D eigenvalue weighted by Gasteiger charge is -2.12. The number of ether oxygens (including phenoxy) is 2. The van der Waals surface area contributed by atoms with Crippen LogP contribution in [0.15, 0.2) is 57.7 Å². The van der Waals surface area contributed by atoms with E-state index in [4.69, 9.17) is 24.4 Å². The lowest BCUT2D eigenvalue weighted by atomic mass is 10.0. The van der Waals surface area contributed by atoms with Crippen molar-refractivity contribution in [1.82, 2.24) is 0 Å². The first kappa shape index (κ1) is 16.1. The van der Waals surface area contributed by atoms with Crippen LogP contribution in [0, 0.1) is 22.7 Å². The Hall–Kier alpha value is -3.77. The van der Waals surface area contributed by atoms with Crippen LogP contribution in [-0.4, -0.2) is 13.2 Å². The topological polar surface area (TPSA) is 96.2 Å². The van der Waals surface area contributed by atoms with Crippen molar-refractivity contribution >= 4 is 11.0 Å². The van der Waals surface area contributed by atoms with Gasteiger partial charge in [0.1, 0.15) is 29.2 Å². The van der Waals surface area contributed by atoms with Crippen molar-refractivity contribution in [2.75, 3.05) is 13.2 Å². The van der Waals surface area contributed by atoms with Gasteiger partial charge >= 0.3 is 5.63 Å². The van der Waals surface area contributed by atoms with Crippen LogP contribution in [-0.2, 0) is 0 Å². The largest absolute Gasteiger partial charge is 0.478 e. The third kappa shape index (κ3) is 3.44. The molecule has 0 amide bonds. The molecule has 0 aliphatic rings. The second-order valence-corrected chi connectivity index (χ2v) is 5.03. The normalized spacial score (nSPS) is 10.0. The van der Waals surface area contributed by atoms with E-state index >= 15 is 0 Å². The van der Waals surface area contributed by atoms with E-state index in [1.54, 1.807) is 6.07 Å². The Balaban J connectivity index is 2.28. The summed E-state index contributed by atoms with van der Waals surface area (Å²) in [6.07, 6.45) is 0. The standard InChI is InChI=1S/C19H12N2O4/c20-6-8-23-14-10-16(24-9-7-21)19-15(13-4-2-1-3-5-13)12-18(22)25-17(19)11-14/h1-5,10-12H,8-9H2. The van der Waals surface area contributed by atoms with Crippen LogP contribution in [0.25, 0.3) is 22.1 Å². The predicted molar refractivity (Wildman–Crippen MR) is 90.1 cm³/mol. The van der Waals surface area contributed by atoms with Crippen LogP contribution in [0.2, 0.25) is 0 Å². The van der Waals surface area contributed by atoms with Crippen molar-refractivity contribution in [3.8, 4) is 34.8 Å². The minimum Gasteiger partial charge on any atom is -0.478 e. The Labute approximate surface area is 143 Å². The van der Waals surface area contributed by atoms with Gasteiger partial charge in [0, 0.05) is 23.8 Å². The van der Waals surface area contributed by atoms with E-state index < -0.39 is 5.63 Å². The zero-order valence-corrected chi connectivity index (χ0v) is 13.1. The minimum atomic E-state index is -0.519. The Kier molecular flexibility index (Phi) is 4.64. The summed E-state index contributed by atoms with van der Waals surface area (Å²) in [5, 5.41) is 18.0. The fraction of sp³-hybridized carbons (Fsp3) is 0.105. The molecule has 0 saturated heterocycles. The van der Waals surface area contributed by atoms with Crippen LogP contribution in [0.3, 0.4) is 0 Å². The van der Waals surface area contributed by atoms with E-state index in [9.17, 15) is 4.79 Å². The maximum Gasteiger partial charge on any atom is 0.336 e. The Morgan fingerprint density at radius 3 is 2.40 bits per heavy atom. The molecule has 0 radical (unpaired) electrons. The highest BCUT2D eigenvalue weighted by Gasteiger charge is 2.15.